The Morgan fingerprint density at radius 3 is 2.65 bits per heavy atom. The largest absolute Gasteiger partial charge is 1.00 e. The van der Waals surface area contributed by atoms with E-state index in [1.54, 1.807) is 30.3 Å². The third kappa shape index (κ3) is 2.96. The first-order valence-electron chi connectivity index (χ1n) is 6.33. The summed E-state index contributed by atoms with van der Waals surface area (Å²) >= 11 is 1.58. The number of halogens is 2. The Kier molecular flexibility index (Phi) is 6.72. The van der Waals surface area contributed by atoms with Gasteiger partial charge in [-0.1, -0.05) is 0 Å². The maximum atomic E-state index is 3.92. The molecule has 0 amide bonds. The zero-order valence-corrected chi connectivity index (χ0v) is 15.0. The molecule has 1 unspecified atom stereocenters. The fourth-order valence-electron chi connectivity index (χ4n) is 2.87. The number of fused-ring (bicyclic) bond motifs is 1. The molecule has 2 aliphatic rings. The van der Waals surface area contributed by atoms with Crippen molar-refractivity contribution in [3.05, 3.63) is 77.4 Å². The van der Waals surface area contributed by atoms with Crippen molar-refractivity contribution in [2.24, 2.45) is 0 Å². The van der Waals surface area contributed by atoms with Gasteiger partial charge in [-0.25, -0.2) is 0 Å². The molecule has 20 heavy (non-hydrogen) atoms. The fraction of sp³-hybridized carbons (Fsp3) is 0.176. The first-order chi connectivity index (χ1) is 8.83. The van der Waals surface area contributed by atoms with E-state index in [1.807, 2.05) is 6.08 Å². The van der Waals surface area contributed by atoms with Gasteiger partial charge < -0.3 is 24.8 Å². The van der Waals surface area contributed by atoms with Crippen molar-refractivity contribution in [1.29, 1.82) is 0 Å². The number of hydrogen-bond donors (Lipinski definition) is 0. The predicted octanol–water partition coefficient (Wildman–Crippen LogP) is -1.49. The average molecular weight is 381 g/mol. The first kappa shape index (κ1) is 17.7. The van der Waals surface area contributed by atoms with Gasteiger partial charge >= 0.3 is 124 Å². The predicted molar refractivity (Wildman–Crippen MR) is 72.8 cm³/mol. The molecule has 0 bridgehead atoms. The Morgan fingerprint density at radius 2 is 2.00 bits per heavy atom. The van der Waals surface area contributed by atoms with E-state index >= 15 is 0 Å². The second-order valence-corrected chi connectivity index (χ2v) is 6.16. The number of rotatable bonds is 3. The van der Waals surface area contributed by atoms with Crippen molar-refractivity contribution in [3.8, 4) is 0 Å². The van der Waals surface area contributed by atoms with Gasteiger partial charge in [-0.05, 0) is 0 Å². The van der Waals surface area contributed by atoms with Gasteiger partial charge in [0.25, 0.3) is 0 Å². The first-order valence-corrected chi connectivity index (χ1v) is 7.75. The maximum Gasteiger partial charge on any atom is -1.00 e. The molecule has 0 fully saturated rings. The molecule has 0 nitrogen and oxygen atoms in total. The molecule has 0 aromatic heterocycles. The quantitative estimate of drug-likeness (QED) is 0.560. The molecule has 3 rings (SSSR count). The standard InChI is InChI=1S/C17H15.2ClH.Zr/c1-2-7-15-12-14-10-5-6-11-16(14)17(15)13-8-3-4-9-13;;;/h2-6,8,10-12H,1,7,9H2;2*1H;/q;;;+2/p-2. The van der Waals surface area contributed by atoms with E-state index in [9.17, 15) is 0 Å². The summed E-state index contributed by atoms with van der Waals surface area (Å²) in [6, 6.07) is 8.87. The van der Waals surface area contributed by atoms with Crippen molar-refractivity contribution >= 4 is 5.57 Å². The Balaban J connectivity index is 0.000001000. The van der Waals surface area contributed by atoms with Gasteiger partial charge in [0.2, 0.25) is 0 Å². The number of benzene rings is 1. The summed E-state index contributed by atoms with van der Waals surface area (Å²) in [5, 5.41) is 0. The summed E-state index contributed by atoms with van der Waals surface area (Å²) in [5.74, 6) is 0. The van der Waals surface area contributed by atoms with E-state index in [-0.39, 0.29) is 24.8 Å². The smallest absolute Gasteiger partial charge is 1.00 e. The van der Waals surface area contributed by atoms with E-state index in [0.29, 0.717) is 3.63 Å². The minimum atomic E-state index is 0. The van der Waals surface area contributed by atoms with Crippen molar-refractivity contribution in [1.82, 2.24) is 0 Å². The van der Waals surface area contributed by atoms with Crippen molar-refractivity contribution in [2.75, 3.05) is 0 Å². The molecule has 0 spiro atoms. The molecule has 0 saturated heterocycles. The minimum absolute atomic E-state index is 0. The van der Waals surface area contributed by atoms with Gasteiger partial charge in [0.05, 0.1) is 0 Å². The molecule has 2 aliphatic carbocycles. The van der Waals surface area contributed by atoms with Crippen LogP contribution >= 0.6 is 0 Å². The van der Waals surface area contributed by atoms with E-state index in [2.05, 4.69) is 49.1 Å². The second kappa shape index (κ2) is 7.59. The van der Waals surface area contributed by atoms with E-state index < -0.39 is 0 Å². The van der Waals surface area contributed by atoms with Crippen LogP contribution in [0, 0.1) is 0 Å². The fourth-order valence-corrected chi connectivity index (χ4v) is 4.13. The molecular weight excluding hydrogens is 366 g/mol. The van der Waals surface area contributed by atoms with Crippen LogP contribution in [-0.4, -0.2) is 0 Å². The average Bonchev–Trinajstić information content (AvgIpc) is 2.99. The van der Waals surface area contributed by atoms with Crippen LogP contribution in [0.2, 0.25) is 0 Å². The van der Waals surface area contributed by atoms with Gasteiger partial charge in [-0.3, -0.25) is 0 Å². The molecule has 0 saturated carbocycles. The molecule has 0 radical (unpaired) electrons. The second-order valence-electron chi connectivity index (χ2n) is 4.74. The van der Waals surface area contributed by atoms with E-state index in [1.165, 1.54) is 22.3 Å². The van der Waals surface area contributed by atoms with Crippen molar-refractivity contribution in [3.63, 3.8) is 0 Å². The summed E-state index contributed by atoms with van der Waals surface area (Å²) in [6.07, 6.45) is 10.8. The number of allylic oxidation sites excluding steroid dienone is 7. The molecule has 1 aromatic rings. The molecule has 0 N–H and O–H groups in total. The topological polar surface area (TPSA) is 0 Å². The normalized spacial score (nSPS) is 19.1. The summed E-state index contributed by atoms with van der Waals surface area (Å²) in [7, 11) is 0. The van der Waals surface area contributed by atoms with Crippen molar-refractivity contribution < 1.29 is 49.5 Å². The minimum Gasteiger partial charge on any atom is -1.00 e. The van der Waals surface area contributed by atoms with Gasteiger partial charge in [-0.2, -0.15) is 0 Å². The zero-order chi connectivity index (χ0) is 12.5. The molecule has 0 aliphatic heterocycles. The molecule has 0 heterocycles. The van der Waals surface area contributed by atoms with Gasteiger partial charge in [-0.15, -0.1) is 0 Å². The van der Waals surface area contributed by atoms with Crippen LogP contribution in [0.3, 0.4) is 0 Å². The van der Waals surface area contributed by atoms with Crippen LogP contribution < -0.4 is 24.8 Å². The molecule has 1 atom stereocenters. The maximum absolute atomic E-state index is 3.92. The third-order valence-corrected chi connectivity index (χ3v) is 5.29. The van der Waals surface area contributed by atoms with E-state index in [4.69, 9.17) is 0 Å². The molecule has 101 valence electrons. The van der Waals surface area contributed by atoms with E-state index in [0.717, 1.165) is 12.8 Å². The number of hydrogen-bond acceptors (Lipinski definition) is 0. The molecule has 1 aromatic carbocycles. The molecule has 3 heteroatoms. The summed E-state index contributed by atoms with van der Waals surface area (Å²) in [6.45, 7) is 3.92. The third-order valence-electron chi connectivity index (χ3n) is 3.67. The SMILES string of the molecule is C=CCC1=C(C2=CC=CC2)c2ccccc2[CH]1[Zr+2].[Cl-].[Cl-]. The Labute approximate surface area is 148 Å². The summed E-state index contributed by atoms with van der Waals surface area (Å²) < 4.78 is 0.614. The van der Waals surface area contributed by atoms with Crippen LogP contribution in [0.15, 0.2) is 66.3 Å². The summed E-state index contributed by atoms with van der Waals surface area (Å²) in [5.41, 5.74) is 7.50. The van der Waals surface area contributed by atoms with Gasteiger partial charge in [0.15, 0.2) is 0 Å². The Morgan fingerprint density at radius 1 is 1.25 bits per heavy atom. The monoisotopic (exact) mass is 379 g/mol. The summed E-state index contributed by atoms with van der Waals surface area (Å²) in [4.78, 5) is 0. The Hall–Kier alpha value is -0.357. The van der Waals surface area contributed by atoms with Crippen molar-refractivity contribution in [2.45, 2.75) is 16.5 Å². The van der Waals surface area contributed by atoms with Crippen LogP contribution in [0.1, 0.15) is 27.6 Å². The van der Waals surface area contributed by atoms with Crippen LogP contribution in [0.25, 0.3) is 5.57 Å². The van der Waals surface area contributed by atoms with Crippen LogP contribution in [0.4, 0.5) is 0 Å². The molecular formula is C17H15Cl2Zr. The van der Waals surface area contributed by atoms with Gasteiger partial charge in [0.1, 0.15) is 0 Å². The zero-order valence-electron chi connectivity index (χ0n) is 11.1. The van der Waals surface area contributed by atoms with Gasteiger partial charge in [0, 0.05) is 0 Å². The van der Waals surface area contributed by atoms with Crippen LogP contribution in [0.5, 0.6) is 0 Å². The van der Waals surface area contributed by atoms with Crippen LogP contribution in [-0.2, 0) is 24.7 Å². The Bertz CT molecular complexity index is 597.